The van der Waals surface area contributed by atoms with Crippen LogP contribution in [0.5, 0.6) is 0 Å². The molecule has 2 nitrogen and oxygen atoms in total. The van der Waals surface area contributed by atoms with E-state index in [9.17, 15) is 0 Å². The molecule has 3 heteroatoms. The van der Waals surface area contributed by atoms with Gasteiger partial charge < -0.3 is 5.11 Å². The first-order valence-corrected chi connectivity index (χ1v) is 3.47. The average Bonchev–Trinajstić information content (AvgIpc) is 2.37. The zero-order valence-electron chi connectivity index (χ0n) is 4.82. The lowest BCUT2D eigenvalue weighted by Crippen LogP contribution is -1.90. The van der Waals surface area contributed by atoms with Gasteiger partial charge in [-0.1, -0.05) is 6.08 Å². The summed E-state index contributed by atoms with van der Waals surface area (Å²) in [6.45, 7) is 3.43. The minimum Gasteiger partial charge on any atom is -0.383 e. The molecular formula is C6H7NOS. The third kappa shape index (κ3) is 1.37. The molecule has 0 amide bonds. The molecule has 0 aliphatic carbocycles. The van der Waals surface area contributed by atoms with Crippen LogP contribution in [0.25, 0.3) is 0 Å². The van der Waals surface area contributed by atoms with Crippen molar-refractivity contribution in [3.05, 3.63) is 29.2 Å². The highest BCUT2D eigenvalue weighted by molar-refractivity contribution is 7.07. The predicted octanol–water partition coefficient (Wildman–Crippen LogP) is 1.36. The van der Waals surface area contributed by atoms with Crippen molar-refractivity contribution in [1.82, 2.24) is 4.98 Å². The van der Waals surface area contributed by atoms with Crippen LogP contribution in [0, 0.1) is 0 Å². The molecule has 0 fully saturated rings. The van der Waals surface area contributed by atoms with E-state index in [1.54, 1.807) is 10.9 Å². The van der Waals surface area contributed by atoms with E-state index in [0.717, 1.165) is 0 Å². The SMILES string of the molecule is C=CC(O)c1cscn1. The minimum absolute atomic E-state index is 0.601. The standard InChI is InChI=1S/C6H7NOS/c1-2-6(8)5-3-9-4-7-5/h2-4,6,8H,1H2. The number of thiazole rings is 1. The molecule has 0 bridgehead atoms. The summed E-state index contributed by atoms with van der Waals surface area (Å²) in [7, 11) is 0. The predicted molar refractivity (Wildman–Crippen MR) is 37.3 cm³/mol. The smallest absolute Gasteiger partial charge is 0.115 e. The molecule has 0 spiro atoms. The quantitative estimate of drug-likeness (QED) is 0.631. The van der Waals surface area contributed by atoms with Crippen LogP contribution >= 0.6 is 11.3 Å². The van der Waals surface area contributed by atoms with E-state index in [4.69, 9.17) is 5.11 Å². The van der Waals surface area contributed by atoms with Gasteiger partial charge in [0.1, 0.15) is 6.10 Å². The first kappa shape index (κ1) is 6.45. The lowest BCUT2D eigenvalue weighted by molar-refractivity contribution is 0.225. The highest BCUT2D eigenvalue weighted by Crippen LogP contribution is 2.12. The Kier molecular flexibility index (Phi) is 1.97. The summed E-state index contributed by atoms with van der Waals surface area (Å²) in [6.07, 6.45) is 0.853. The first-order chi connectivity index (χ1) is 4.34. The van der Waals surface area contributed by atoms with E-state index >= 15 is 0 Å². The zero-order chi connectivity index (χ0) is 6.69. The average molecular weight is 141 g/mol. The second kappa shape index (κ2) is 2.75. The Hall–Kier alpha value is -0.670. The Balaban J connectivity index is 2.76. The summed E-state index contributed by atoms with van der Waals surface area (Å²) in [5.74, 6) is 0. The van der Waals surface area contributed by atoms with Gasteiger partial charge in [-0.25, -0.2) is 4.98 Å². The summed E-state index contributed by atoms with van der Waals surface area (Å²) in [5.41, 5.74) is 2.36. The molecule has 0 aromatic carbocycles. The van der Waals surface area contributed by atoms with Crippen LogP contribution in [0.15, 0.2) is 23.5 Å². The molecule has 0 saturated carbocycles. The third-order valence-electron chi connectivity index (χ3n) is 0.978. The number of hydrogen-bond acceptors (Lipinski definition) is 3. The Labute approximate surface area is 57.5 Å². The van der Waals surface area contributed by atoms with E-state index in [1.165, 1.54) is 17.4 Å². The van der Waals surface area contributed by atoms with Crippen molar-refractivity contribution in [2.45, 2.75) is 6.10 Å². The number of hydrogen-bond donors (Lipinski definition) is 1. The van der Waals surface area contributed by atoms with E-state index in [0.29, 0.717) is 5.69 Å². The molecule has 1 atom stereocenters. The van der Waals surface area contributed by atoms with Gasteiger partial charge in [0.2, 0.25) is 0 Å². The summed E-state index contributed by atoms with van der Waals surface area (Å²) in [6, 6.07) is 0. The third-order valence-corrected chi connectivity index (χ3v) is 1.58. The van der Waals surface area contributed by atoms with Gasteiger partial charge >= 0.3 is 0 Å². The topological polar surface area (TPSA) is 33.1 Å². The lowest BCUT2D eigenvalue weighted by Gasteiger charge is -1.96. The van der Waals surface area contributed by atoms with Crippen molar-refractivity contribution in [3.63, 3.8) is 0 Å². The highest BCUT2D eigenvalue weighted by Gasteiger charge is 2.01. The molecule has 1 aromatic rings. The molecular weight excluding hydrogens is 134 g/mol. The molecule has 1 unspecified atom stereocenters. The maximum absolute atomic E-state index is 9.04. The Morgan fingerprint density at radius 1 is 1.89 bits per heavy atom. The number of aromatic nitrogens is 1. The molecule has 1 aromatic heterocycles. The van der Waals surface area contributed by atoms with E-state index in [-0.39, 0.29) is 0 Å². The van der Waals surface area contributed by atoms with Crippen molar-refractivity contribution < 1.29 is 5.11 Å². The molecule has 0 aliphatic heterocycles. The molecule has 1 heterocycles. The van der Waals surface area contributed by atoms with Crippen LogP contribution in [-0.4, -0.2) is 10.1 Å². The number of rotatable bonds is 2. The van der Waals surface area contributed by atoms with Crippen LogP contribution in [0.3, 0.4) is 0 Å². The van der Waals surface area contributed by atoms with Crippen LogP contribution in [-0.2, 0) is 0 Å². The van der Waals surface area contributed by atoms with E-state index in [2.05, 4.69) is 11.6 Å². The fraction of sp³-hybridized carbons (Fsp3) is 0.167. The Bertz CT molecular complexity index is 183. The second-order valence-corrected chi connectivity index (χ2v) is 2.31. The van der Waals surface area contributed by atoms with Gasteiger partial charge in [-0.15, -0.1) is 17.9 Å². The van der Waals surface area contributed by atoms with Crippen LogP contribution in [0.1, 0.15) is 11.8 Å². The minimum atomic E-state index is -0.601. The lowest BCUT2D eigenvalue weighted by atomic mass is 10.3. The molecule has 1 rings (SSSR count). The first-order valence-electron chi connectivity index (χ1n) is 2.53. The van der Waals surface area contributed by atoms with Gasteiger partial charge in [-0.3, -0.25) is 0 Å². The Morgan fingerprint density at radius 3 is 3.11 bits per heavy atom. The van der Waals surface area contributed by atoms with Gasteiger partial charge in [-0.2, -0.15) is 0 Å². The van der Waals surface area contributed by atoms with E-state index in [1.807, 2.05) is 0 Å². The normalized spacial score (nSPS) is 13.0. The fourth-order valence-corrected chi connectivity index (χ4v) is 1.07. The molecule has 48 valence electrons. The van der Waals surface area contributed by atoms with Crippen LogP contribution < -0.4 is 0 Å². The van der Waals surface area contributed by atoms with Crippen molar-refractivity contribution in [2.24, 2.45) is 0 Å². The van der Waals surface area contributed by atoms with Crippen LogP contribution in [0.2, 0.25) is 0 Å². The molecule has 9 heavy (non-hydrogen) atoms. The monoisotopic (exact) mass is 141 g/mol. The summed E-state index contributed by atoms with van der Waals surface area (Å²) >= 11 is 1.46. The van der Waals surface area contributed by atoms with Crippen molar-refractivity contribution in [3.8, 4) is 0 Å². The van der Waals surface area contributed by atoms with Gasteiger partial charge in [0.05, 0.1) is 11.2 Å². The molecule has 0 aliphatic rings. The molecule has 1 N–H and O–H groups in total. The van der Waals surface area contributed by atoms with Crippen molar-refractivity contribution in [2.75, 3.05) is 0 Å². The molecule has 0 radical (unpaired) electrons. The van der Waals surface area contributed by atoms with Crippen molar-refractivity contribution in [1.29, 1.82) is 0 Å². The number of aliphatic hydroxyl groups excluding tert-OH is 1. The fourth-order valence-electron chi connectivity index (χ4n) is 0.489. The number of aliphatic hydroxyl groups is 1. The highest BCUT2D eigenvalue weighted by atomic mass is 32.1. The maximum atomic E-state index is 9.04. The summed E-state index contributed by atoms with van der Waals surface area (Å²) in [4.78, 5) is 3.88. The van der Waals surface area contributed by atoms with Crippen LogP contribution in [0.4, 0.5) is 0 Å². The van der Waals surface area contributed by atoms with E-state index < -0.39 is 6.10 Å². The van der Waals surface area contributed by atoms with Gasteiger partial charge in [0, 0.05) is 5.38 Å². The zero-order valence-corrected chi connectivity index (χ0v) is 5.64. The second-order valence-electron chi connectivity index (χ2n) is 1.59. The number of nitrogens with zero attached hydrogens (tertiary/aromatic N) is 1. The summed E-state index contributed by atoms with van der Waals surface area (Å²) in [5, 5.41) is 10.8. The largest absolute Gasteiger partial charge is 0.383 e. The summed E-state index contributed by atoms with van der Waals surface area (Å²) < 4.78 is 0. The van der Waals surface area contributed by atoms with Gasteiger partial charge in [0.25, 0.3) is 0 Å². The molecule has 0 saturated heterocycles. The van der Waals surface area contributed by atoms with Gasteiger partial charge in [0.15, 0.2) is 0 Å². The van der Waals surface area contributed by atoms with Crippen molar-refractivity contribution >= 4 is 11.3 Å². The Morgan fingerprint density at radius 2 is 2.67 bits per heavy atom. The maximum Gasteiger partial charge on any atom is 0.115 e. The van der Waals surface area contributed by atoms with Gasteiger partial charge in [-0.05, 0) is 0 Å².